The largest absolute Gasteiger partial charge is 0.386 e. The van der Waals surface area contributed by atoms with Crippen LogP contribution in [-0.4, -0.2) is 56.0 Å². The van der Waals surface area contributed by atoms with Crippen LogP contribution in [-0.2, 0) is 11.3 Å². The van der Waals surface area contributed by atoms with Crippen molar-refractivity contribution in [3.05, 3.63) is 36.5 Å². The first-order valence-corrected chi connectivity index (χ1v) is 8.04. The summed E-state index contributed by atoms with van der Waals surface area (Å²) < 4.78 is 1.79. The van der Waals surface area contributed by atoms with E-state index in [9.17, 15) is 9.90 Å². The van der Waals surface area contributed by atoms with Gasteiger partial charge >= 0.3 is 0 Å². The molecule has 2 aromatic heterocycles. The number of rotatable bonds is 6. The van der Waals surface area contributed by atoms with Crippen molar-refractivity contribution in [3.63, 3.8) is 0 Å². The van der Waals surface area contributed by atoms with Crippen LogP contribution < -0.4 is 10.2 Å². The van der Waals surface area contributed by atoms with Gasteiger partial charge in [0.05, 0.1) is 6.20 Å². The number of β-amino-alcohol motifs (C(OH)–C–C–N with tert-alkyl or cyclic N) is 1. The van der Waals surface area contributed by atoms with Crippen molar-refractivity contribution >= 4 is 11.7 Å². The van der Waals surface area contributed by atoms with E-state index in [1.54, 1.807) is 29.5 Å². The second-order valence-corrected chi connectivity index (χ2v) is 6.18. The predicted octanol–water partition coefficient (Wildman–Crippen LogP) is 0.129. The average Bonchev–Trinajstić information content (AvgIpc) is 3.18. The number of aliphatic hydroxyl groups is 1. The molecule has 1 aliphatic rings. The zero-order valence-corrected chi connectivity index (χ0v) is 13.7. The fourth-order valence-electron chi connectivity index (χ4n) is 2.84. The first-order chi connectivity index (χ1) is 11.6. The Morgan fingerprint density at radius 3 is 3.00 bits per heavy atom. The Balaban J connectivity index is 1.46. The van der Waals surface area contributed by atoms with Gasteiger partial charge in [-0.3, -0.25) is 14.5 Å². The standard InChI is InChI=1S/C16H22N6O2/c1-13-2-5-20-22(13)8-3-15(23)19-11-16(24)4-9-21(12-16)14-10-17-6-7-18-14/h2,5-7,10,24H,3-4,8-9,11-12H2,1H3,(H,19,23). The lowest BCUT2D eigenvalue weighted by Gasteiger charge is -2.24. The molecule has 0 saturated carbocycles. The van der Waals surface area contributed by atoms with Crippen LogP contribution in [0.5, 0.6) is 0 Å². The lowest BCUT2D eigenvalue weighted by atomic mass is 10.0. The van der Waals surface area contributed by atoms with E-state index in [1.165, 1.54) is 0 Å². The van der Waals surface area contributed by atoms with Crippen LogP contribution in [0.1, 0.15) is 18.5 Å². The number of nitrogens with zero attached hydrogens (tertiary/aromatic N) is 5. The van der Waals surface area contributed by atoms with Crippen LogP contribution in [0.4, 0.5) is 5.82 Å². The van der Waals surface area contributed by atoms with Gasteiger partial charge in [0.15, 0.2) is 0 Å². The Bertz CT molecular complexity index is 689. The molecule has 0 spiro atoms. The fraction of sp³-hybridized carbons (Fsp3) is 0.500. The third-order valence-corrected chi connectivity index (χ3v) is 4.30. The summed E-state index contributed by atoms with van der Waals surface area (Å²) in [5.74, 6) is 0.658. The highest BCUT2D eigenvalue weighted by molar-refractivity contribution is 5.75. The summed E-state index contributed by atoms with van der Waals surface area (Å²) in [6.07, 6.45) is 7.57. The van der Waals surface area contributed by atoms with Gasteiger partial charge in [-0.15, -0.1) is 0 Å². The maximum Gasteiger partial charge on any atom is 0.221 e. The van der Waals surface area contributed by atoms with Crippen LogP contribution in [0.15, 0.2) is 30.9 Å². The van der Waals surface area contributed by atoms with E-state index >= 15 is 0 Å². The van der Waals surface area contributed by atoms with Crippen LogP contribution in [0.3, 0.4) is 0 Å². The summed E-state index contributed by atoms with van der Waals surface area (Å²) in [5, 5.41) is 17.6. The molecule has 0 bridgehead atoms. The molecule has 3 heterocycles. The van der Waals surface area contributed by atoms with E-state index in [-0.39, 0.29) is 12.5 Å². The molecule has 24 heavy (non-hydrogen) atoms. The molecule has 1 amide bonds. The van der Waals surface area contributed by atoms with Crippen molar-refractivity contribution < 1.29 is 9.90 Å². The number of aryl methyl sites for hydroxylation is 2. The van der Waals surface area contributed by atoms with Crippen molar-refractivity contribution in [2.75, 3.05) is 24.5 Å². The fourth-order valence-corrected chi connectivity index (χ4v) is 2.84. The topological polar surface area (TPSA) is 96.2 Å². The van der Waals surface area contributed by atoms with Crippen molar-refractivity contribution in [1.82, 2.24) is 25.1 Å². The van der Waals surface area contributed by atoms with Crippen LogP contribution in [0.2, 0.25) is 0 Å². The maximum atomic E-state index is 12.0. The Morgan fingerprint density at radius 2 is 2.29 bits per heavy atom. The van der Waals surface area contributed by atoms with E-state index in [1.807, 2.05) is 17.9 Å². The predicted molar refractivity (Wildman–Crippen MR) is 88.4 cm³/mol. The molecule has 1 aliphatic heterocycles. The molecular weight excluding hydrogens is 308 g/mol. The summed E-state index contributed by atoms with van der Waals surface area (Å²) in [4.78, 5) is 22.3. The van der Waals surface area contributed by atoms with E-state index in [4.69, 9.17) is 0 Å². The molecular formula is C16H22N6O2. The third-order valence-electron chi connectivity index (χ3n) is 4.30. The number of amides is 1. The summed E-state index contributed by atoms with van der Waals surface area (Å²) in [7, 11) is 0. The molecule has 1 saturated heterocycles. The Labute approximate surface area is 140 Å². The quantitative estimate of drug-likeness (QED) is 0.781. The van der Waals surface area contributed by atoms with Gasteiger partial charge in [0.2, 0.25) is 5.91 Å². The van der Waals surface area contributed by atoms with Gasteiger partial charge in [-0.25, -0.2) is 4.98 Å². The average molecular weight is 330 g/mol. The Morgan fingerprint density at radius 1 is 1.42 bits per heavy atom. The van der Waals surface area contributed by atoms with Crippen LogP contribution in [0, 0.1) is 6.92 Å². The highest BCUT2D eigenvalue weighted by atomic mass is 16.3. The zero-order valence-electron chi connectivity index (χ0n) is 13.7. The maximum absolute atomic E-state index is 12.0. The Kier molecular flexibility index (Phi) is 4.75. The molecule has 2 N–H and O–H groups in total. The molecule has 8 heteroatoms. The van der Waals surface area contributed by atoms with Crippen LogP contribution in [0.25, 0.3) is 0 Å². The molecule has 0 aliphatic carbocycles. The monoisotopic (exact) mass is 330 g/mol. The number of carbonyl (C=O) groups excluding carboxylic acids is 1. The minimum Gasteiger partial charge on any atom is -0.386 e. The molecule has 128 valence electrons. The minimum atomic E-state index is -0.936. The minimum absolute atomic E-state index is 0.0868. The van der Waals surface area contributed by atoms with Gasteiger partial charge in [0, 0.05) is 56.9 Å². The summed E-state index contributed by atoms with van der Waals surface area (Å²) in [5.41, 5.74) is 0.0891. The lowest BCUT2D eigenvalue weighted by Crippen LogP contribution is -2.45. The van der Waals surface area contributed by atoms with Gasteiger partial charge in [-0.2, -0.15) is 5.10 Å². The molecule has 1 atom stereocenters. The van der Waals surface area contributed by atoms with Gasteiger partial charge in [0.25, 0.3) is 0 Å². The SMILES string of the molecule is Cc1ccnn1CCC(=O)NCC1(O)CCN(c2cnccn2)C1. The highest BCUT2D eigenvalue weighted by Crippen LogP contribution is 2.24. The highest BCUT2D eigenvalue weighted by Gasteiger charge is 2.36. The summed E-state index contributed by atoms with van der Waals surface area (Å²) in [6.45, 7) is 3.85. The first-order valence-electron chi connectivity index (χ1n) is 8.04. The van der Waals surface area contributed by atoms with Gasteiger partial charge < -0.3 is 15.3 Å². The molecule has 1 fully saturated rings. The number of nitrogens with one attached hydrogen (secondary N) is 1. The third kappa shape index (κ3) is 3.88. The van der Waals surface area contributed by atoms with Crippen molar-refractivity contribution in [2.24, 2.45) is 0 Å². The molecule has 1 unspecified atom stereocenters. The molecule has 0 radical (unpaired) electrons. The zero-order chi connectivity index (χ0) is 17.0. The second kappa shape index (κ2) is 6.96. The first kappa shape index (κ1) is 16.4. The van der Waals surface area contributed by atoms with E-state index in [0.29, 0.717) is 32.5 Å². The molecule has 2 aromatic rings. The van der Waals surface area contributed by atoms with Gasteiger partial charge in [-0.05, 0) is 19.4 Å². The lowest BCUT2D eigenvalue weighted by molar-refractivity contribution is -0.122. The number of hydrogen-bond acceptors (Lipinski definition) is 6. The summed E-state index contributed by atoms with van der Waals surface area (Å²) >= 11 is 0. The second-order valence-electron chi connectivity index (χ2n) is 6.18. The van der Waals surface area contributed by atoms with Gasteiger partial charge in [0.1, 0.15) is 11.4 Å². The summed E-state index contributed by atoms with van der Waals surface area (Å²) in [6, 6.07) is 1.90. The van der Waals surface area contributed by atoms with E-state index in [0.717, 1.165) is 11.5 Å². The van der Waals surface area contributed by atoms with Gasteiger partial charge in [-0.1, -0.05) is 0 Å². The molecule has 8 nitrogen and oxygen atoms in total. The van der Waals surface area contributed by atoms with Crippen molar-refractivity contribution in [2.45, 2.75) is 31.9 Å². The van der Waals surface area contributed by atoms with E-state index < -0.39 is 5.60 Å². The number of carbonyl (C=O) groups is 1. The smallest absolute Gasteiger partial charge is 0.221 e. The molecule has 0 aromatic carbocycles. The van der Waals surface area contributed by atoms with Crippen LogP contribution >= 0.6 is 0 Å². The molecule has 3 rings (SSSR count). The number of anilines is 1. The number of hydrogen-bond donors (Lipinski definition) is 2. The number of aromatic nitrogens is 4. The van der Waals surface area contributed by atoms with Crippen molar-refractivity contribution in [3.8, 4) is 0 Å². The van der Waals surface area contributed by atoms with Crippen molar-refractivity contribution in [1.29, 1.82) is 0 Å². The Hall–Kier alpha value is -2.48. The normalized spacial score (nSPS) is 20.3. The van der Waals surface area contributed by atoms with E-state index in [2.05, 4.69) is 20.4 Å².